The van der Waals surface area contributed by atoms with Crippen LogP contribution in [0.3, 0.4) is 0 Å². The van der Waals surface area contributed by atoms with Crippen molar-refractivity contribution in [3.8, 4) is 5.88 Å². The summed E-state index contributed by atoms with van der Waals surface area (Å²) in [4.78, 5) is 19.3. The van der Waals surface area contributed by atoms with Gasteiger partial charge >= 0.3 is 0 Å². The summed E-state index contributed by atoms with van der Waals surface area (Å²) in [5, 5.41) is 3.19. The number of rotatable bonds is 5. The number of carbonyl (C=O) groups is 1. The predicted octanol–water partition coefficient (Wildman–Crippen LogP) is 2.62. The van der Waals surface area contributed by atoms with Crippen molar-refractivity contribution in [1.29, 1.82) is 0 Å². The molecule has 1 amide bonds. The van der Waals surface area contributed by atoms with Crippen LogP contribution in [0, 0.1) is 5.92 Å². The molecule has 0 spiro atoms. The maximum atomic E-state index is 12.5. The minimum Gasteiger partial charge on any atom is -0.474 e. The molecule has 4 rings (SSSR count). The van der Waals surface area contributed by atoms with Crippen LogP contribution >= 0.6 is 0 Å². The monoisotopic (exact) mass is 329 g/mol. The number of hydrogen-bond donors (Lipinski definition) is 1. The molecule has 2 atom stereocenters. The number of carbonyl (C=O) groups excluding carboxylic acids is 1. The molecule has 3 aliphatic rings. The van der Waals surface area contributed by atoms with Crippen LogP contribution in [0.4, 0.5) is 0 Å². The van der Waals surface area contributed by atoms with Crippen molar-refractivity contribution in [2.75, 3.05) is 13.1 Å². The largest absolute Gasteiger partial charge is 0.474 e. The Kier molecular flexibility index (Phi) is 4.44. The Balaban J connectivity index is 1.32. The van der Waals surface area contributed by atoms with Gasteiger partial charge in [-0.3, -0.25) is 9.69 Å². The number of nitrogens with zero attached hydrogens (tertiary/aromatic N) is 2. The Labute approximate surface area is 143 Å². The Hall–Kier alpha value is -1.62. The van der Waals surface area contributed by atoms with E-state index in [1.807, 2.05) is 12.1 Å². The van der Waals surface area contributed by atoms with E-state index in [4.69, 9.17) is 4.74 Å². The van der Waals surface area contributed by atoms with Crippen molar-refractivity contribution in [3.05, 3.63) is 23.9 Å². The van der Waals surface area contributed by atoms with Crippen LogP contribution < -0.4 is 10.1 Å². The molecule has 24 heavy (non-hydrogen) atoms. The maximum Gasteiger partial charge on any atom is 0.253 e. The first-order valence-electron chi connectivity index (χ1n) is 9.36. The summed E-state index contributed by atoms with van der Waals surface area (Å²) in [6, 6.07) is 4.66. The molecule has 130 valence electrons. The van der Waals surface area contributed by atoms with Gasteiger partial charge in [0.1, 0.15) is 6.10 Å². The minimum atomic E-state index is -0.0237. The van der Waals surface area contributed by atoms with Gasteiger partial charge in [0, 0.05) is 37.4 Å². The summed E-state index contributed by atoms with van der Waals surface area (Å²) < 4.78 is 5.86. The Morgan fingerprint density at radius 2 is 2.00 bits per heavy atom. The van der Waals surface area contributed by atoms with Gasteiger partial charge in [-0.15, -0.1) is 0 Å². The van der Waals surface area contributed by atoms with Crippen LogP contribution in [-0.4, -0.2) is 47.1 Å². The van der Waals surface area contributed by atoms with Gasteiger partial charge < -0.3 is 10.1 Å². The lowest BCUT2D eigenvalue weighted by molar-refractivity contribution is 0.0930. The number of amides is 1. The summed E-state index contributed by atoms with van der Waals surface area (Å²) in [7, 11) is 0. The molecule has 0 bridgehead atoms. The Bertz CT molecular complexity index is 579. The van der Waals surface area contributed by atoms with E-state index >= 15 is 0 Å². The third-order valence-corrected chi connectivity index (χ3v) is 5.61. The van der Waals surface area contributed by atoms with Gasteiger partial charge in [-0.05, 0) is 50.5 Å². The number of hydrogen-bond acceptors (Lipinski definition) is 4. The summed E-state index contributed by atoms with van der Waals surface area (Å²) in [6.45, 7) is 4.31. The van der Waals surface area contributed by atoms with Crippen molar-refractivity contribution in [2.45, 2.75) is 63.6 Å². The third kappa shape index (κ3) is 3.56. The topological polar surface area (TPSA) is 54.5 Å². The second kappa shape index (κ2) is 6.71. The lowest BCUT2D eigenvalue weighted by atomic mass is 10.1. The first-order valence-corrected chi connectivity index (χ1v) is 9.36. The molecular formula is C19H27N3O2. The van der Waals surface area contributed by atoms with Gasteiger partial charge in [0.15, 0.2) is 0 Å². The van der Waals surface area contributed by atoms with E-state index in [-0.39, 0.29) is 11.9 Å². The van der Waals surface area contributed by atoms with Crippen molar-refractivity contribution in [3.63, 3.8) is 0 Å². The van der Waals surface area contributed by atoms with Gasteiger partial charge in [-0.2, -0.15) is 0 Å². The molecule has 2 unspecified atom stereocenters. The van der Waals surface area contributed by atoms with E-state index in [0.29, 0.717) is 23.5 Å². The zero-order chi connectivity index (χ0) is 16.5. The first-order chi connectivity index (χ1) is 11.7. The van der Waals surface area contributed by atoms with Crippen LogP contribution in [0.5, 0.6) is 5.88 Å². The molecule has 3 fully saturated rings. The molecule has 1 saturated heterocycles. The van der Waals surface area contributed by atoms with E-state index in [1.54, 1.807) is 6.20 Å². The minimum absolute atomic E-state index is 0.0237. The normalized spacial score (nSPS) is 28.2. The van der Waals surface area contributed by atoms with Crippen LogP contribution in [0.2, 0.25) is 0 Å². The predicted molar refractivity (Wildman–Crippen MR) is 92.1 cm³/mol. The lowest BCUT2D eigenvalue weighted by Crippen LogP contribution is -2.40. The summed E-state index contributed by atoms with van der Waals surface area (Å²) in [5.41, 5.74) is 0.617. The average Bonchev–Trinajstić information content (AvgIpc) is 3.20. The molecular weight excluding hydrogens is 302 g/mol. The highest BCUT2D eigenvalue weighted by molar-refractivity contribution is 5.94. The van der Waals surface area contributed by atoms with Gasteiger partial charge in [-0.25, -0.2) is 4.98 Å². The maximum absolute atomic E-state index is 12.5. The van der Waals surface area contributed by atoms with Gasteiger partial charge in [-0.1, -0.05) is 6.92 Å². The van der Waals surface area contributed by atoms with Crippen LogP contribution in [0.1, 0.15) is 55.8 Å². The fourth-order valence-electron chi connectivity index (χ4n) is 3.94. The molecule has 1 aliphatic heterocycles. The molecule has 5 heteroatoms. The molecule has 5 nitrogen and oxygen atoms in total. The third-order valence-electron chi connectivity index (χ3n) is 5.61. The first kappa shape index (κ1) is 15.9. The molecule has 1 aromatic heterocycles. The van der Waals surface area contributed by atoms with E-state index in [9.17, 15) is 4.79 Å². The van der Waals surface area contributed by atoms with Crippen molar-refractivity contribution in [2.24, 2.45) is 5.92 Å². The van der Waals surface area contributed by atoms with Crippen LogP contribution in [0.25, 0.3) is 0 Å². The van der Waals surface area contributed by atoms with Gasteiger partial charge in [0.2, 0.25) is 5.88 Å². The van der Waals surface area contributed by atoms with E-state index in [1.165, 1.54) is 25.7 Å². The quantitative estimate of drug-likeness (QED) is 0.902. The highest BCUT2D eigenvalue weighted by Gasteiger charge is 2.38. The second-order valence-electron chi connectivity index (χ2n) is 7.65. The standard InChI is InChI=1S/C19H27N3O2/c1-13-11-22(15-7-8-15)12-17(13)21-19(23)14-6-9-18(20-10-14)24-16-4-2-3-5-16/h6,9-10,13,15-17H,2-5,7-8,11-12H2,1H3,(H,21,23). The number of nitrogens with one attached hydrogen (secondary N) is 1. The molecule has 2 saturated carbocycles. The zero-order valence-corrected chi connectivity index (χ0v) is 14.4. The SMILES string of the molecule is CC1CN(C2CC2)CC1NC(=O)c1ccc(OC2CCCC2)nc1. The van der Waals surface area contributed by atoms with Crippen LogP contribution in [-0.2, 0) is 0 Å². The van der Waals surface area contributed by atoms with Crippen molar-refractivity contribution >= 4 is 5.91 Å². The highest BCUT2D eigenvalue weighted by Crippen LogP contribution is 2.31. The van der Waals surface area contributed by atoms with E-state index < -0.39 is 0 Å². The zero-order valence-electron chi connectivity index (χ0n) is 14.4. The Morgan fingerprint density at radius 3 is 2.67 bits per heavy atom. The molecule has 1 aromatic rings. The van der Waals surface area contributed by atoms with E-state index in [2.05, 4.69) is 22.1 Å². The molecule has 0 radical (unpaired) electrons. The number of aromatic nitrogens is 1. The summed E-state index contributed by atoms with van der Waals surface area (Å²) in [6.07, 6.45) is 9.27. The molecule has 2 heterocycles. The number of pyridine rings is 1. The second-order valence-corrected chi connectivity index (χ2v) is 7.65. The fourth-order valence-corrected chi connectivity index (χ4v) is 3.94. The number of likely N-dealkylation sites (tertiary alicyclic amines) is 1. The highest BCUT2D eigenvalue weighted by atomic mass is 16.5. The smallest absolute Gasteiger partial charge is 0.253 e. The lowest BCUT2D eigenvalue weighted by Gasteiger charge is -2.17. The summed E-state index contributed by atoms with van der Waals surface area (Å²) >= 11 is 0. The van der Waals surface area contributed by atoms with Crippen LogP contribution in [0.15, 0.2) is 18.3 Å². The Morgan fingerprint density at radius 1 is 1.21 bits per heavy atom. The summed E-state index contributed by atoms with van der Waals surface area (Å²) in [5.74, 6) is 1.12. The number of ether oxygens (including phenoxy) is 1. The molecule has 2 aliphatic carbocycles. The molecule has 1 N–H and O–H groups in total. The van der Waals surface area contributed by atoms with Crippen molar-refractivity contribution in [1.82, 2.24) is 15.2 Å². The fraction of sp³-hybridized carbons (Fsp3) is 0.684. The van der Waals surface area contributed by atoms with Crippen molar-refractivity contribution < 1.29 is 9.53 Å². The molecule has 0 aromatic carbocycles. The average molecular weight is 329 g/mol. The van der Waals surface area contributed by atoms with Gasteiger partial charge in [0.25, 0.3) is 5.91 Å². The van der Waals surface area contributed by atoms with E-state index in [0.717, 1.165) is 32.0 Å². The van der Waals surface area contributed by atoms with Gasteiger partial charge in [0.05, 0.1) is 5.56 Å².